The van der Waals surface area contributed by atoms with Crippen LogP contribution in [0.3, 0.4) is 0 Å². The summed E-state index contributed by atoms with van der Waals surface area (Å²) in [5.41, 5.74) is 2.92. The SMILES string of the molecule is Cc1cccnc1CN1CC(C2CC2)NCC1(C)C1CC1. The standard InChI is InChI=1S/C18H27N3/c1-13-4-3-9-19-16(13)10-21-11-17(14-5-6-14)20-12-18(21,2)15-7-8-15/h3-4,9,14-15,17,20H,5-8,10-12H2,1-2H3. The van der Waals surface area contributed by atoms with Crippen LogP contribution < -0.4 is 5.32 Å². The van der Waals surface area contributed by atoms with E-state index in [9.17, 15) is 0 Å². The number of pyridine rings is 1. The van der Waals surface area contributed by atoms with Gasteiger partial charge in [0.15, 0.2) is 0 Å². The lowest BCUT2D eigenvalue weighted by molar-refractivity contribution is 0.0223. The molecular weight excluding hydrogens is 258 g/mol. The van der Waals surface area contributed by atoms with Gasteiger partial charge in [0.05, 0.1) is 5.69 Å². The maximum Gasteiger partial charge on any atom is 0.0573 e. The Morgan fingerprint density at radius 3 is 2.81 bits per heavy atom. The van der Waals surface area contributed by atoms with Gasteiger partial charge in [0.1, 0.15) is 0 Å². The zero-order chi connectivity index (χ0) is 14.4. The summed E-state index contributed by atoms with van der Waals surface area (Å²) in [4.78, 5) is 7.39. The molecule has 3 aliphatic rings. The highest BCUT2D eigenvalue weighted by Crippen LogP contribution is 2.46. The lowest BCUT2D eigenvalue weighted by Crippen LogP contribution is -2.64. The van der Waals surface area contributed by atoms with E-state index in [0.29, 0.717) is 11.6 Å². The van der Waals surface area contributed by atoms with Crippen molar-refractivity contribution in [2.45, 2.75) is 57.7 Å². The Hall–Kier alpha value is -0.930. The van der Waals surface area contributed by atoms with E-state index in [1.807, 2.05) is 12.3 Å². The van der Waals surface area contributed by atoms with Crippen LogP contribution in [-0.2, 0) is 6.54 Å². The molecule has 2 unspecified atom stereocenters. The molecule has 21 heavy (non-hydrogen) atoms. The molecule has 2 aliphatic carbocycles. The minimum absolute atomic E-state index is 0.329. The molecule has 3 nitrogen and oxygen atoms in total. The van der Waals surface area contributed by atoms with E-state index in [1.54, 1.807) is 0 Å². The van der Waals surface area contributed by atoms with Gasteiger partial charge in [-0.25, -0.2) is 0 Å². The summed E-state index contributed by atoms with van der Waals surface area (Å²) in [5, 5.41) is 3.86. The molecule has 0 spiro atoms. The van der Waals surface area contributed by atoms with Crippen molar-refractivity contribution >= 4 is 0 Å². The van der Waals surface area contributed by atoms with Crippen LogP contribution in [0.4, 0.5) is 0 Å². The number of hydrogen-bond acceptors (Lipinski definition) is 3. The van der Waals surface area contributed by atoms with E-state index in [4.69, 9.17) is 0 Å². The van der Waals surface area contributed by atoms with Crippen molar-refractivity contribution in [3.8, 4) is 0 Å². The van der Waals surface area contributed by atoms with Gasteiger partial charge < -0.3 is 5.32 Å². The molecule has 0 bridgehead atoms. The van der Waals surface area contributed by atoms with Crippen molar-refractivity contribution in [3.63, 3.8) is 0 Å². The average Bonchev–Trinajstić information content (AvgIpc) is 3.36. The number of rotatable bonds is 4. The van der Waals surface area contributed by atoms with Crippen LogP contribution in [-0.4, -0.2) is 34.6 Å². The van der Waals surface area contributed by atoms with Gasteiger partial charge in [-0.2, -0.15) is 0 Å². The predicted octanol–water partition coefficient (Wildman–Crippen LogP) is 2.74. The van der Waals surface area contributed by atoms with E-state index in [-0.39, 0.29) is 0 Å². The van der Waals surface area contributed by atoms with E-state index in [2.05, 4.69) is 35.1 Å². The maximum absolute atomic E-state index is 4.64. The minimum Gasteiger partial charge on any atom is -0.311 e. The Morgan fingerprint density at radius 2 is 2.14 bits per heavy atom. The van der Waals surface area contributed by atoms with Gasteiger partial charge >= 0.3 is 0 Å². The highest BCUT2D eigenvalue weighted by atomic mass is 15.3. The quantitative estimate of drug-likeness (QED) is 0.922. The molecule has 1 saturated heterocycles. The van der Waals surface area contributed by atoms with E-state index >= 15 is 0 Å². The second kappa shape index (κ2) is 5.06. The van der Waals surface area contributed by atoms with Gasteiger partial charge in [0.25, 0.3) is 0 Å². The van der Waals surface area contributed by atoms with Crippen molar-refractivity contribution in [2.24, 2.45) is 11.8 Å². The summed E-state index contributed by atoms with van der Waals surface area (Å²) in [6, 6.07) is 4.95. The highest BCUT2D eigenvalue weighted by Gasteiger charge is 2.50. The van der Waals surface area contributed by atoms with Crippen molar-refractivity contribution < 1.29 is 0 Å². The van der Waals surface area contributed by atoms with Crippen molar-refractivity contribution in [3.05, 3.63) is 29.6 Å². The zero-order valence-electron chi connectivity index (χ0n) is 13.3. The van der Waals surface area contributed by atoms with Gasteiger partial charge in [-0.3, -0.25) is 9.88 Å². The van der Waals surface area contributed by atoms with Crippen LogP contribution in [0.2, 0.25) is 0 Å². The highest BCUT2D eigenvalue weighted by molar-refractivity contribution is 5.19. The van der Waals surface area contributed by atoms with E-state index in [0.717, 1.165) is 24.9 Å². The van der Waals surface area contributed by atoms with Crippen LogP contribution in [0.5, 0.6) is 0 Å². The first-order chi connectivity index (χ1) is 10.2. The van der Waals surface area contributed by atoms with Gasteiger partial charge in [-0.15, -0.1) is 0 Å². The molecule has 0 amide bonds. The first kappa shape index (κ1) is 13.7. The molecule has 2 heterocycles. The second-order valence-corrected chi connectivity index (χ2v) is 7.60. The predicted molar refractivity (Wildman–Crippen MR) is 85.0 cm³/mol. The molecule has 4 rings (SSSR count). The molecule has 2 saturated carbocycles. The number of aryl methyl sites for hydroxylation is 1. The molecule has 0 radical (unpaired) electrons. The third kappa shape index (κ3) is 2.62. The second-order valence-electron chi connectivity index (χ2n) is 7.60. The Bertz CT molecular complexity index is 521. The van der Waals surface area contributed by atoms with Gasteiger partial charge in [-0.1, -0.05) is 6.07 Å². The topological polar surface area (TPSA) is 28.2 Å². The number of aromatic nitrogens is 1. The summed E-state index contributed by atoms with van der Waals surface area (Å²) in [6.07, 6.45) is 7.61. The Morgan fingerprint density at radius 1 is 1.33 bits per heavy atom. The van der Waals surface area contributed by atoms with Crippen LogP contribution in [0, 0.1) is 18.8 Å². The normalized spacial score (nSPS) is 34.1. The van der Waals surface area contributed by atoms with Crippen molar-refractivity contribution in [2.75, 3.05) is 13.1 Å². The number of nitrogens with one attached hydrogen (secondary N) is 1. The molecular formula is C18H27N3. The van der Waals surface area contributed by atoms with Crippen molar-refractivity contribution in [1.82, 2.24) is 15.2 Å². The Kier molecular flexibility index (Phi) is 3.31. The molecule has 1 aliphatic heterocycles. The molecule has 3 fully saturated rings. The third-order valence-corrected chi connectivity index (χ3v) is 5.97. The molecule has 2 atom stereocenters. The smallest absolute Gasteiger partial charge is 0.0573 e. The maximum atomic E-state index is 4.64. The molecule has 1 aromatic heterocycles. The Balaban J connectivity index is 1.56. The summed E-state index contributed by atoms with van der Waals surface area (Å²) >= 11 is 0. The fourth-order valence-corrected chi connectivity index (χ4v) is 3.99. The van der Waals surface area contributed by atoms with Crippen molar-refractivity contribution in [1.29, 1.82) is 0 Å². The summed E-state index contributed by atoms with van der Waals surface area (Å²) < 4.78 is 0. The lowest BCUT2D eigenvalue weighted by Gasteiger charge is -2.49. The van der Waals surface area contributed by atoms with Crippen LogP contribution in [0.1, 0.15) is 43.9 Å². The largest absolute Gasteiger partial charge is 0.311 e. The van der Waals surface area contributed by atoms with E-state index < -0.39 is 0 Å². The Labute approximate surface area is 128 Å². The molecule has 1 N–H and O–H groups in total. The first-order valence-electron chi connectivity index (χ1n) is 8.56. The zero-order valence-corrected chi connectivity index (χ0v) is 13.3. The number of piperazine rings is 1. The average molecular weight is 285 g/mol. The molecule has 0 aromatic carbocycles. The minimum atomic E-state index is 0.329. The molecule has 114 valence electrons. The van der Waals surface area contributed by atoms with Gasteiger partial charge in [0.2, 0.25) is 0 Å². The molecule has 1 aromatic rings. The lowest BCUT2D eigenvalue weighted by atomic mass is 9.88. The number of nitrogens with zero attached hydrogens (tertiary/aromatic N) is 2. The van der Waals surface area contributed by atoms with E-state index in [1.165, 1.54) is 43.5 Å². The fourth-order valence-electron chi connectivity index (χ4n) is 3.99. The van der Waals surface area contributed by atoms with Crippen LogP contribution in [0.25, 0.3) is 0 Å². The summed E-state index contributed by atoms with van der Waals surface area (Å²) in [6.45, 7) is 8.04. The molecule has 3 heteroatoms. The van der Waals surface area contributed by atoms with Gasteiger partial charge in [-0.05, 0) is 63.0 Å². The van der Waals surface area contributed by atoms with Crippen LogP contribution >= 0.6 is 0 Å². The number of hydrogen-bond donors (Lipinski definition) is 1. The third-order valence-electron chi connectivity index (χ3n) is 5.97. The van der Waals surface area contributed by atoms with Crippen LogP contribution in [0.15, 0.2) is 18.3 Å². The summed E-state index contributed by atoms with van der Waals surface area (Å²) in [5.74, 6) is 1.82. The van der Waals surface area contributed by atoms with Gasteiger partial charge in [0, 0.05) is 37.4 Å². The fraction of sp³-hybridized carbons (Fsp3) is 0.722. The summed E-state index contributed by atoms with van der Waals surface area (Å²) in [7, 11) is 0. The first-order valence-corrected chi connectivity index (χ1v) is 8.56. The monoisotopic (exact) mass is 285 g/mol.